The number of nitro benzene ring substituents is 1. The van der Waals surface area contributed by atoms with Crippen molar-refractivity contribution in [2.24, 2.45) is 0 Å². The lowest BCUT2D eigenvalue weighted by Crippen LogP contribution is -2.18. The highest BCUT2D eigenvalue weighted by Crippen LogP contribution is 2.24. The lowest BCUT2D eigenvalue weighted by Gasteiger charge is -2.16. The van der Waals surface area contributed by atoms with E-state index in [4.69, 9.17) is 4.74 Å². The van der Waals surface area contributed by atoms with Gasteiger partial charge in [-0.3, -0.25) is 10.1 Å². The highest BCUT2D eigenvalue weighted by molar-refractivity contribution is 5.43. The van der Waals surface area contributed by atoms with Crippen LogP contribution in [0.1, 0.15) is 29.7 Å². The molecule has 5 heteroatoms. The maximum Gasteiger partial charge on any atom is 0.272 e. The van der Waals surface area contributed by atoms with Crippen molar-refractivity contribution < 1.29 is 9.66 Å². The van der Waals surface area contributed by atoms with Crippen LogP contribution in [-0.2, 0) is 6.54 Å². The Kier molecular flexibility index (Phi) is 5.12. The lowest BCUT2D eigenvalue weighted by molar-refractivity contribution is -0.385. The number of ether oxygens (including phenoxy) is 1. The smallest absolute Gasteiger partial charge is 0.272 e. The van der Waals surface area contributed by atoms with Crippen LogP contribution in [0.5, 0.6) is 5.75 Å². The van der Waals surface area contributed by atoms with Crippen LogP contribution in [-0.4, -0.2) is 12.0 Å². The second-order valence-electron chi connectivity index (χ2n) is 5.22. The molecule has 0 radical (unpaired) electrons. The zero-order chi connectivity index (χ0) is 16.1. The second kappa shape index (κ2) is 7.04. The zero-order valence-corrected chi connectivity index (χ0v) is 13.0. The number of rotatable bonds is 6. The van der Waals surface area contributed by atoms with E-state index < -0.39 is 0 Å². The summed E-state index contributed by atoms with van der Waals surface area (Å²) in [5.74, 6) is 0.831. The molecule has 1 unspecified atom stereocenters. The Morgan fingerprint density at radius 2 is 2.00 bits per heavy atom. The fourth-order valence-electron chi connectivity index (χ4n) is 2.32. The minimum absolute atomic E-state index is 0.00390. The molecule has 0 bridgehead atoms. The Labute approximate surface area is 130 Å². The summed E-state index contributed by atoms with van der Waals surface area (Å²) in [4.78, 5) is 10.7. The molecular weight excluding hydrogens is 280 g/mol. The van der Waals surface area contributed by atoms with Crippen LogP contribution in [0.2, 0.25) is 0 Å². The van der Waals surface area contributed by atoms with Crippen molar-refractivity contribution in [3.63, 3.8) is 0 Å². The Balaban J connectivity index is 2.11. The molecular formula is C17H20N2O3. The number of nitrogens with one attached hydrogen (secondary N) is 1. The van der Waals surface area contributed by atoms with Crippen molar-refractivity contribution in [2.45, 2.75) is 26.4 Å². The minimum Gasteiger partial charge on any atom is -0.496 e. The van der Waals surface area contributed by atoms with E-state index in [2.05, 4.69) is 5.32 Å². The predicted molar refractivity (Wildman–Crippen MR) is 86.1 cm³/mol. The first-order valence-electron chi connectivity index (χ1n) is 7.13. The minimum atomic E-state index is -0.341. The van der Waals surface area contributed by atoms with E-state index in [0.29, 0.717) is 12.1 Å². The van der Waals surface area contributed by atoms with Crippen molar-refractivity contribution >= 4 is 5.69 Å². The molecule has 0 aliphatic carbocycles. The summed E-state index contributed by atoms with van der Waals surface area (Å²) in [7, 11) is 1.64. The second-order valence-corrected chi connectivity index (χ2v) is 5.22. The average Bonchev–Trinajstić information content (AvgIpc) is 2.53. The Bertz CT molecular complexity index is 671. The molecule has 2 aromatic carbocycles. The largest absolute Gasteiger partial charge is 0.496 e. The summed E-state index contributed by atoms with van der Waals surface area (Å²) in [5.41, 5.74) is 2.78. The lowest BCUT2D eigenvalue weighted by atomic mass is 10.0. The quantitative estimate of drug-likeness (QED) is 0.651. The van der Waals surface area contributed by atoms with Gasteiger partial charge in [-0.05, 0) is 25.5 Å². The van der Waals surface area contributed by atoms with E-state index in [1.807, 2.05) is 37.3 Å². The van der Waals surface area contributed by atoms with E-state index in [9.17, 15) is 10.1 Å². The van der Waals surface area contributed by atoms with Crippen LogP contribution in [0.15, 0.2) is 42.5 Å². The molecule has 2 rings (SSSR count). The van der Waals surface area contributed by atoms with Crippen molar-refractivity contribution in [3.8, 4) is 5.75 Å². The third-order valence-electron chi connectivity index (χ3n) is 3.72. The van der Waals surface area contributed by atoms with Crippen LogP contribution in [0, 0.1) is 17.0 Å². The topological polar surface area (TPSA) is 64.4 Å². The molecule has 0 fully saturated rings. The van der Waals surface area contributed by atoms with Crippen molar-refractivity contribution in [3.05, 3.63) is 69.3 Å². The van der Waals surface area contributed by atoms with Crippen molar-refractivity contribution in [1.29, 1.82) is 0 Å². The molecule has 0 aromatic heterocycles. The molecule has 0 aliphatic rings. The first-order valence-corrected chi connectivity index (χ1v) is 7.13. The molecule has 0 aliphatic heterocycles. The number of para-hydroxylation sites is 1. The van der Waals surface area contributed by atoms with Gasteiger partial charge in [0.1, 0.15) is 5.75 Å². The van der Waals surface area contributed by atoms with E-state index in [1.54, 1.807) is 26.2 Å². The van der Waals surface area contributed by atoms with E-state index in [1.165, 1.54) is 0 Å². The Morgan fingerprint density at radius 1 is 1.27 bits per heavy atom. The molecule has 0 saturated carbocycles. The average molecular weight is 300 g/mol. The van der Waals surface area contributed by atoms with Crippen molar-refractivity contribution in [1.82, 2.24) is 5.32 Å². The number of aryl methyl sites for hydroxylation is 1. The number of nitro groups is 1. The normalized spacial score (nSPS) is 12.0. The highest BCUT2D eigenvalue weighted by atomic mass is 16.6. The molecule has 116 valence electrons. The Morgan fingerprint density at radius 3 is 2.68 bits per heavy atom. The molecule has 2 aromatic rings. The van der Waals surface area contributed by atoms with Gasteiger partial charge in [-0.2, -0.15) is 0 Å². The Hall–Kier alpha value is -2.40. The van der Waals surface area contributed by atoms with Gasteiger partial charge in [-0.15, -0.1) is 0 Å². The van der Waals surface area contributed by atoms with Gasteiger partial charge < -0.3 is 10.1 Å². The van der Waals surface area contributed by atoms with Gasteiger partial charge in [0.25, 0.3) is 5.69 Å². The van der Waals surface area contributed by atoms with Crippen LogP contribution < -0.4 is 10.1 Å². The number of benzene rings is 2. The summed E-state index contributed by atoms with van der Waals surface area (Å²) in [6.45, 7) is 4.37. The first kappa shape index (κ1) is 16.0. The fourth-order valence-corrected chi connectivity index (χ4v) is 2.32. The molecule has 0 amide bonds. The van der Waals surface area contributed by atoms with Crippen LogP contribution in [0.25, 0.3) is 0 Å². The van der Waals surface area contributed by atoms with Crippen LogP contribution >= 0.6 is 0 Å². The molecule has 1 atom stereocenters. The van der Waals surface area contributed by atoms with E-state index >= 15 is 0 Å². The van der Waals surface area contributed by atoms with E-state index in [-0.39, 0.29) is 16.7 Å². The summed E-state index contributed by atoms with van der Waals surface area (Å²) in [6, 6.07) is 13.1. The SMILES string of the molecule is COc1ccccc1CNC(C)c1ccc(C)c([N+](=O)[O-])c1. The summed E-state index contributed by atoms with van der Waals surface area (Å²) >= 11 is 0. The molecule has 0 heterocycles. The molecule has 22 heavy (non-hydrogen) atoms. The highest BCUT2D eigenvalue weighted by Gasteiger charge is 2.14. The first-order chi connectivity index (χ1) is 10.5. The maximum atomic E-state index is 11.0. The number of hydrogen-bond donors (Lipinski definition) is 1. The van der Waals surface area contributed by atoms with Crippen LogP contribution in [0.4, 0.5) is 5.69 Å². The van der Waals surface area contributed by atoms with Gasteiger partial charge in [0.05, 0.1) is 12.0 Å². The number of nitrogens with zero attached hydrogens (tertiary/aromatic N) is 1. The predicted octanol–water partition coefficient (Wildman–Crippen LogP) is 3.76. The van der Waals surface area contributed by atoms with Gasteiger partial charge >= 0.3 is 0 Å². The number of hydrogen-bond acceptors (Lipinski definition) is 4. The monoisotopic (exact) mass is 300 g/mol. The molecule has 1 N–H and O–H groups in total. The van der Waals surface area contributed by atoms with Gasteiger partial charge in [0.2, 0.25) is 0 Å². The fraction of sp³-hybridized carbons (Fsp3) is 0.294. The molecule has 0 spiro atoms. The van der Waals surface area contributed by atoms with Crippen molar-refractivity contribution in [2.75, 3.05) is 7.11 Å². The summed E-state index contributed by atoms with van der Waals surface area (Å²) < 4.78 is 5.32. The van der Waals surface area contributed by atoms with Gasteiger partial charge in [-0.25, -0.2) is 0 Å². The van der Waals surface area contributed by atoms with Crippen LogP contribution in [0.3, 0.4) is 0 Å². The standard InChI is InChI=1S/C17H20N2O3/c1-12-8-9-14(10-16(12)19(20)21)13(2)18-11-15-6-4-5-7-17(15)22-3/h4-10,13,18H,11H2,1-3H3. The maximum absolute atomic E-state index is 11.0. The van der Waals surface area contributed by atoms with Gasteiger partial charge in [0, 0.05) is 29.8 Å². The molecule has 5 nitrogen and oxygen atoms in total. The van der Waals surface area contributed by atoms with E-state index in [0.717, 1.165) is 16.9 Å². The summed E-state index contributed by atoms with van der Waals surface area (Å²) in [6.07, 6.45) is 0. The number of methoxy groups -OCH3 is 1. The zero-order valence-electron chi connectivity index (χ0n) is 13.0. The molecule has 0 saturated heterocycles. The third kappa shape index (κ3) is 3.62. The van der Waals surface area contributed by atoms with Gasteiger partial charge in [0.15, 0.2) is 0 Å². The van der Waals surface area contributed by atoms with Gasteiger partial charge in [-0.1, -0.05) is 30.3 Å². The summed E-state index contributed by atoms with van der Waals surface area (Å²) in [5, 5.41) is 14.4. The third-order valence-corrected chi connectivity index (χ3v) is 3.72.